The van der Waals surface area contributed by atoms with Gasteiger partial charge in [0.15, 0.2) is 0 Å². The maximum absolute atomic E-state index is 12.4. The number of pyridine rings is 1. The summed E-state index contributed by atoms with van der Waals surface area (Å²) in [5.74, 6) is 0.428. The van der Waals surface area contributed by atoms with E-state index in [-0.39, 0.29) is 18.1 Å². The third-order valence-electron chi connectivity index (χ3n) is 3.33. The molecule has 4 nitrogen and oxygen atoms in total. The summed E-state index contributed by atoms with van der Waals surface area (Å²) in [4.78, 5) is 18.6. The summed E-state index contributed by atoms with van der Waals surface area (Å²) in [5, 5.41) is 0. The fraction of sp³-hybridized carbons (Fsp3) is 0.600. The lowest BCUT2D eigenvalue weighted by atomic mass is 10.1. The van der Waals surface area contributed by atoms with Crippen LogP contribution in [0, 0.1) is 0 Å². The van der Waals surface area contributed by atoms with Crippen molar-refractivity contribution in [2.45, 2.75) is 45.8 Å². The van der Waals surface area contributed by atoms with E-state index in [1.165, 1.54) is 0 Å². The van der Waals surface area contributed by atoms with Crippen LogP contribution in [0.4, 0.5) is 0 Å². The Balaban J connectivity index is 2.10. The van der Waals surface area contributed by atoms with Gasteiger partial charge in [0.05, 0.1) is 17.8 Å². The van der Waals surface area contributed by atoms with Gasteiger partial charge in [0.25, 0.3) is 5.91 Å². The van der Waals surface area contributed by atoms with Crippen LogP contribution in [-0.2, 0) is 4.74 Å². The molecule has 1 aromatic rings. The molecule has 0 aliphatic carbocycles. The van der Waals surface area contributed by atoms with Gasteiger partial charge in [-0.3, -0.25) is 9.78 Å². The first-order valence-electron chi connectivity index (χ1n) is 6.88. The molecule has 0 bridgehead atoms. The van der Waals surface area contributed by atoms with Crippen LogP contribution in [0.2, 0.25) is 0 Å². The van der Waals surface area contributed by atoms with Gasteiger partial charge in [-0.15, -0.1) is 0 Å². The van der Waals surface area contributed by atoms with E-state index < -0.39 is 0 Å². The van der Waals surface area contributed by atoms with Crippen molar-refractivity contribution in [1.82, 2.24) is 9.88 Å². The third kappa shape index (κ3) is 3.32. The van der Waals surface area contributed by atoms with Crippen LogP contribution in [0.5, 0.6) is 0 Å². The number of amides is 1. The number of hydrogen-bond donors (Lipinski definition) is 0. The van der Waals surface area contributed by atoms with E-state index in [4.69, 9.17) is 4.74 Å². The highest BCUT2D eigenvalue weighted by molar-refractivity contribution is 5.94. The maximum atomic E-state index is 12.4. The van der Waals surface area contributed by atoms with Gasteiger partial charge in [0.1, 0.15) is 0 Å². The fourth-order valence-corrected chi connectivity index (χ4v) is 2.40. The number of ether oxygens (including phenoxy) is 1. The van der Waals surface area contributed by atoms with Crippen LogP contribution in [0.15, 0.2) is 18.3 Å². The molecule has 1 saturated heterocycles. The average Bonchev–Trinajstić information content (AvgIpc) is 2.37. The van der Waals surface area contributed by atoms with Gasteiger partial charge in [0.2, 0.25) is 0 Å². The quantitative estimate of drug-likeness (QED) is 0.822. The Bertz CT molecular complexity index is 432. The van der Waals surface area contributed by atoms with Crippen LogP contribution in [0.25, 0.3) is 0 Å². The minimum absolute atomic E-state index is 0.0461. The lowest BCUT2D eigenvalue weighted by Crippen LogP contribution is -2.48. The number of rotatable bonds is 2. The molecule has 0 saturated carbocycles. The van der Waals surface area contributed by atoms with Crippen molar-refractivity contribution in [2.24, 2.45) is 0 Å². The Labute approximate surface area is 114 Å². The number of carbonyl (C=O) groups excluding carboxylic acids is 1. The minimum Gasteiger partial charge on any atom is -0.372 e. The van der Waals surface area contributed by atoms with Crippen molar-refractivity contribution in [2.75, 3.05) is 13.1 Å². The summed E-state index contributed by atoms with van der Waals surface area (Å²) < 4.78 is 5.64. The lowest BCUT2D eigenvalue weighted by molar-refractivity contribution is -0.0586. The van der Waals surface area contributed by atoms with Crippen LogP contribution in [0.3, 0.4) is 0 Å². The van der Waals surface area contributed by atoms with Crippen LogP contribution < -0.4 is 0 Å². The lowest BCUT2D eigenvalue weighted by Gasteiger charge is -2.35. The molecule has 2 unspecified atom stereocenters. The Hall–Kier alpha value is -1.42. The second-order valence-electron chi connectivity index (χ2n) is 5.59. The zero-order valence-corrected chi connectivity index (χ0v) is 12.1. The highest BCUT2D eigenvalue weighted by Gasteiger charge is 2.26. The average molecular weight is 262 g/mol. The van der Waals surface area contributed by atoms with Crippen molar-refractivity contribution < 1.29 is 9.53 Å². The molecule has 1 amide bonds. The van der Waals surface area contributed by atoms with E-state index in [1.807, 2.05) is 30.9 Å². The van der Waals surface area contributed by atoms with Crippen molar-refractivity contribution in [3.05, 3.63) is 29.6 Å². The van der Waals surface area contributed by atoms with Gasteiger partial charge < -0.3 is 9.64 Å². The smallest absolute Gasteiger partial charge is 0.255 e. The molecule has 2 atom stereocenters. The molecule has 2 rings (SSSR count). The maximum Gasteiger partial charge on any atom is 0.255 e. The molecule has 0 aromatic carbocycles. The van der Waals surface area contributed by atoms with Gasteiger partial charge in [-0.25, -0.2) is 0 Å². The monoisotopic (exact) mass is 262 g/mol. The van der Waals surface area contributed by atoms with E-state index in [2.05, 4.69) is 18.8 Å². The van der Waals surface area contributed by atoms with Crippen LogP contribution in [-0.4, -0.2) is 41.1 Å². The molecule has 19 heavy (non-hydrogen) atoms. The summed E-state index contributed by atoms with van der Waals surface area (Å²) in [6.07, 6.45) is 1.87. The number of hydrogen-bond acceptors (Lipinski definition) is 3. The Kier molecular flexibility index (Phi) is 4.20. The van der Waals surface area contributed by atoms with Gasteiger partial charge >= 0.3 is 0 Å². The van der Waals surface area contributed by atoms with Gasteiger partial charge in [0, 0.05) is 25.0 Å². The molecule has 0 spiro atoms. The van der Waals surface area contributed by atoms with Gasteiger partial charge in [-0.05, 0) is 31.9 Å². The molecule has 2 heterocycles. The first kappa shape index (κ1) is 14.0. The first-order chi connectivity index (χ1) is 8.97. The number of carbonyl (C=O) groups is 1. The van der Waals surface area contributed by atoms with E-state index >= 15 is 0 Å². The number of aromatic nitrogens is 1. The highest BCUT2D eigenvalue weighted by atomic mass is 16.5. The summed E-state index contributed by atoms with van der Waals surface area (Å²) in [5.41, 5.74) is 1.67. The van der Waals surface area contributed by atoms with E-state index in [0.717, 1.165) is 5.69 Å². The Morgan fingerprint density at radius 2 is 1.95 bits per heavy atom. The third-order valence-corrected chi connectivity index (χ3v) is 3.33. The molecular formula is C15H22N2O2. The van der Waals surface area contributed by atoms with Gasteiger partial charge in [-0.1, -0.05) is 13.8 Å². The summed E-state index contributed by atoms with van der Waals surface area (Å²) >= 11 is 0. The molecule has 4 heteroatoms. The van der Waals surface area contributed by atoms with E-state index in [9.17, 15) is 4.79 Å². The minimum atomic E-state index is 0.0461. The normalized spacial score (nSPS) is 23.7. The van der Waals surface area contributed by atoms with Crippen LogP contribution >= 0.6 is 0 Å². The number of morpholine rings is 1. The molecule has 1 fully saturated rings. The first-order valence-corrected chi connectivity index (χ1v) is 6.88. The molecule has 1 aliphatic rings. The fourth-order valence-electron chi connectivity index (χ4n) is 2.40. The van der Waals surface area contributed by atoms with Crippen molar-refractivity contribution in [3.63, 3.8) is 0 Å². The number of nitrogens with zero attached hydrogens (tertiary/aromatic N) is 2. The summed E-state index contributed by atoms with van der Waals surface area (Å²) in [6.45, 7) is 9.47. The Morgan fingerprint density at radius 1 is 1.32 bits per heavy atom. The molecule has 104 valence electrons. The predicted octanol–water partition coefficient (Wildman–Crippen LogP) is 2.45. The molecule has 0 radical (unpaired) electrons. The standard InChI is InChI=1S/C15H22N2O2/c1-10(2)14-6-5-13(7-16-14)15(18)17-8-11(3)19-12(4)9-17/h5-7,10-12H,8-9H2,1-4H3. The largest absolute Gasteiger partial charge is 0.372 e. The molecular weight excluding hydrogens is 240 g/mol. The van der Waals surface area contributed by atoms with Crippen LogP contribution in [0.1, 0.15) is 49.7 Å². The molecule has 0 N–H and O–H groups in total. The Morgan fingerprint density at radius 3 is 2.42 bits per heavy atom. The van der Waals surface area contributed by atoms with Crippen molar-refractivity contribution in [3.8, 4) is 0 Å². The molecule has 1 aliphatic heterocycles. The molecule has 1 aromatic heterocycles. The van der Waals surface area contributed by atoms with Crippen molar-refractivity contribution >= 4 is 5.91 Å². The van der Waals surface area contributed by atoms with E-state index in [1.54, 1.807) is 6.20 Å². The summed E-state index contributed by atoms with van der Waals surface area (Å²) in [7, 11) is 0. The zero-order chi connectivity index (χ0) is 14.0. The topological polar surface area (TPSA) is 42.4 Å². The second-order valence-corrected chi connectivity index (χ2v) is 5.59. The van der Waals surface area contributed by atoms with E-state index in [0.29, 0.717) is 24.6 Å². The summed E-state index contributed by atoms with van der Waals surface area (Å²) in [6, 6.07) is 3.81. The van der Waals surface area contributed by atoms with Gasteiger partial charge in [-0.2, -0.15) is 0 Å². The SMILES string of the molecule is CC1CN(C(=O)c2ccc(C(C)C)nc2)CC(C)O1. The zero-order valence-electron chi connectivity index (χ0n) is 12.1. The predicted molar refractivity (Wildman–Crippen MR) is 74.2 cm³/mol. The highest BCUT2D eigenvalue weighted by Crippen LogP contribution is 2.16. The van der Waals surface area contributed by atoms with Crippen molar-refractivity contribution in [1.29, 1.82) is 0 Å². The second kappa shape index (κ2) is 5.70.